The average molecular weight is 459 g/mol. The van der Waals surface area contributed by atoms with Crippen LogP contribution in [-0.2, 0) is 11.3 Å². The standard InChI is InChI=1S/C26H30N6O2/c1-18-22-14-28-26(29-20-8-6-19(7-9-20)16-31-10-12-33-13-11-31)30-25(22)32(21-4-2-3-5-21)24(18)23-15-27-17-34-23/h6-9,14-15,17,21H,2-5,10-13,16H2,1H3,(H,28,29,30). The van der Waals surface area contributed by atoms with Crippen molar-refractivity contribution in [2.24, 2.45) is 0 Å². The Hall–Kier alpha value is -3.23. The SMILES string of the molecule is Cc1c(-c2cnco2)n(C2CCCC2)c2nc(Nc3ccc(CN4CCOCC4)cc3)ncc12. The number of aryl methyl sites for hydroxylation is 1. The van der Waals surface area contributed by atoms with Crippen LogP contribution in [0.25, 0.3) is 22.5 Å². The molecule has 1 aromatic carbocycles. The van der Waals surface area contributed by atoms with Gasteiger partial charge in [0.2, 0.25) is 5.95 Å². The fraction of sp³-hybridized carbons (Fsp3) is 0.423. The van der Waals surface area contributed by atoms with Crippen molar-refractivity contribution >= 4 is 22.7 Å². The van der Waals surface area contributed by atoms with E-state index in [1.807, 2.05) is 6.20 Å². The smallest absolute Gasteiger partial charge is 0.229 e. The molecule has 176 valence electrons. The minimum atomic E-state index is 0.415. The van der Waals surface area contributed by atoms with Crippen molar-refractivity contribution in [2.45, 2.75) is 45.2 Å². The molecule has 4 aromatic rings. The van der Waals surface area contributed by atoms with Gasteiger partial charge in [-0.25, -0.2) is 9.97 Å². The van der Waals surface area contributed by atoms with Gasteiger partial charge in [0.25, 0.3) is 0 Å². The number of hydrogen-bond acceptors (Lipinski definition) is 7. The van der Waals surface area contributed by atoms with E-state index in [0.29, 0.717) is 12.0 Å². The predicted octanol–water partition coefficient (Wildman–Crippen LogP) is 5.09. The lowest BCUT2D eigenvalue weighted by molar-refractivity contribution is 0.0342. The van der Waals surface area contributed by atoms with Crippen molar-refractivity contribution in [1.82, 2.24) is 24.4 Å². The number of benzene rings is 1. The Morgan fingerprint density at radius 1 is 1.06 bits per heavy atom. The minimum absolute atomic E-state index is 0.415. The molecule has 0 radical (unpaired) electrons. The van der Waals surface area contributed by atoms with E-state index in [0.717, 1.165) is 79.4 Å². The van der Waals surface area contributed by atoms with Gasteiger partial charge in [-0.15, -0.1) is 0 Å². The van der Waals surface area contributed by atoms with Crippen LogP contribution in [0.5, 0.6) is 0 Å². The number of anilines is 2. The Balaban J connectivity index is 1.29. The van der Waals surface area contributed by atoms with E-state index < -0.39 is 0 Å². The van der Waals surface area contributed by atoms with Gasteiger partial charge >= 0.3 is 0 Å². The molecule has 1 saturated heterocycles. The monoisotopic (exact) mass is 458 g/mol. The number of fused-ring (bicyclic) bond motifs is 1. The van der Waals surface area contributed by atoms with E-state index in [4.69, 9.17) is 14.1 Å². The third-order valence-electron chi connectivity index (χ3n) is 7.07. The second-order valence-electron chi connectivity index (χ2n) is 9.29. The van der Waals surface area contributed by atoms with Gasteiger partial charge in [-0.2, -0.15) is 4.98 Å². The van der Waals surface area contributed by atoms with E-state index in [1.165, 1.54) is 24.8 Å². The number of rotatable bonds is 6. The molecule has 3 aromatic heterocycles. The Bertz CT molecular complexity index is 1250. The molecule has 2 aliphatic rings. The number of nitrogens with one attached hydrogen (secondary N) is 1. The van der Waals surface area contributed by atoms with Crippen LogP contribution in [0.1, 0.15) is 42.9 Å². The summed E-state index contributed by atoms with van der Waals surface area (Å²) < 4.78 is 13.5. The number of ether oxygens (including phenoxy) is 1. The largest absolute Gasteiger partial charge is 0.442 e. The van der Waals surface area contributed by atoms with E-state index in [1.54, 1.807) is 6.20 Å². The Morgan fingerprint density at radius 3 is 2.59 bits per heavy atom. The van der Waals surface area contributed by atoms with Crippen LogP contribution >= 0.6 is 0 Å². The molecular formula is C26H30N6O2. The summed E-state index contributed by atoms with van der Waals surface area (Å²) in [6.45, 7) is 6.69. The molecule has 8 nitrogen and oxygen atoms in total. The summed E-state index contributed by atoms with van der Waals surface area (Å²) in [5.41, 5.74) is 5.44. The van der Waals surface area contributed by atoms with Crippen molar-refractivity contribution < 1.29 is 9.15 Å². The fourth-order valence-electron chi connectivity index (χ4n) is 5.29. The van der Waals surface area contributed by atoms with E-state index in [-0.39, 0.29) is 0 Å². The number of hydrogen-bond donors (Lipinski definition) is 1. The zero-order valence-electron chi connectivity index (χ0n) is 19.5. The first-order valence-electron chi connectivity index (χ1n) is 12.2. The fourth-order valence-corrected chi connectivity index (χ4v) is 5.29. The van der Waals surface area contributed by atoms with E-state index >= 15 is 0 Å². The summed E-state index contributed by atoms with van der Waals surface area (Å²) in [6.07, 6.45) is 10.0. The molecule has 0 spiro atoms. The van der Waals surface area contributed by atoms with Crippen LogP contribution in [0.15, 0.2) is 47.5 Å². The first-order valence-corrected chi connectivity index (χ1v) is 12.2. The van der Waals surface area contributed by atoms with Crippen LogP contribution in [0.2, 0.25) is 0 Å². The molecule has 6 rings (SSSR count). The molecule has 1 N–H and O–H groups in total. The van der Waals surface area contributed by atoms with Gasteiger partial charge in [-0.1, -0.05) is 25.0 Å². The Morgan fingerprint density at radius 2 is 1.85 bits per heavy atom. The molecule has 0 bridgehead atoms. The van der Waals surface area contributed by atoms with Crippen LogP contribution in [0.3, 0.4) is 0 Å². The first kappa shape index (κ1) is 21.3. The molecule has 34 heavy (non-hydrogen) atoms. The molecule has 0 atom stereocenters. The molecule has 1 aliphatic carbocycles. The maximum absolute atomic E-state index is 5.72. The third-order valence-corrected chi connectivity index (χ3v) is 7.07. The zero-order valence-corrected chi connectivity index (χ0v) is 19.5. The van der Waals surface area contributed by atoms with Crippen molar-refractivity contribution in [1.29, 1.82) is 0 Å². The number of nitrogens with zero attached hydrogens (tertiary/aromatic N) is 5. The highest BCUT2D eigenvalue weighted by Crippen LogP contribution is 2.40. The highest BCUT2D eigenvalue weighted by atomic mass is 16.5. The first-order chi connectivity index (χ1) is 16.8. The van der Waals surface area contributed by atoms with Gasteiger partial charge in [-0.05, 0) is 43.0 Å². The van der Waals surface area contributed by atoms with Gasteiger partial charge in [-0.3, -0.25) is 4.90 Å². The van der Waals surface area contributed by atoms with E-state index in [9.17, 15) is 0 Å². The molecule has 2 fully saturated rings. The van der Waals surface area contributed by atoms with Crippen LogP contribution in [-0.4, -0.2) is 50.7 Å². The molecule has 1 aliphatic heterocycles. The van der Waals surface area contributed by atoms with E-state index in [2.05, 4.69) is 55.9 Å². The maximum Gasteiger partial charge on any atom is 0.229 e. The molecule has 0 unspecified atom stereocenters. The number of oxazole rings is 1. The summed E-state index contributed by atoms with van der Waals surface area (Å²) in [7, 11) is 0. The highest BCUT2D eigenvalue weighted by Gasteiger charge is 2.27. The van der Waals surface area contributed by atoms with Crippen molar-refractivity contribution in [3.8, 4) is 11.5 Å². The topological polar surface area (TPSA) is 81.2 Å². The second-order valence-corrected chi connectivity index (χ2v) is 9.29. The van der Waals surface area contributed by atoms with Gasteiger partial charge in [0.1, 0.15) is 5.65 Å². The zero-order chi connectivity index (χ0) is 22.9. The van der Waals surface area contributed by atoms with Gasteiger partial charge in [0, 0.05) is 42.9 Å². The Kier molecular flexibility index (Phi) is 5.76. The Labute approximate surface area is 199 Å². The molecule has 0 amide bonds. The van der Waals surface area contributed by atoms with Gasteiger partial charge in [0.15, 0.2) is 12.2 Å². The lowest BCUT2D eigenvalue weighted by Crippen LogP contribution is -2.35. The molecule has 4 heterocycles. The van der Waals surface area contributed by atoms with Crippen molar-refractivity contribution in [3.05, 3.63) is 54.2 Å². The highest BCUT2D eigenvalue weighted by molar-refractivity contribution is 5.88. The molecule has 1 saturated carbocycles. The van der Waals surface area contributed by atoms with Crippen LogP contribution < -0.4 is 5.32 Å². The number of aromatic nitrogens is 4. The van der Waals surface area contributed by atoms with Gasteiger partial charge in [0.05, 0.1) is 25.1 Å². The predicted molar refractivity (Wildman–Crippen MR) is 131 cm³/mol. The quantitative estimate of drug-likeness (QED) is 0.431. The lowest BCUT2D eigenvalue weighted by atomic mass is 10.2. The summed E-state index contributed by atoms with van der Waals surface area (Å²) in [5, 5.41) is 4.46. The normalized spacial score (nSPS) is 17.6. The van der Waals surface area contributed by atoms with Crippen molar-refractivity contribution in [3.63, 3.8) is 0 Å². The maximum atomic E-state index is 5.72. The number of morpholine rings is 1. The summed E-state index contributed by atoms with van der Waals surface area (Å²) in [4.78, 5) is 16.2. The molecule has 8 heteroatoms. The third kappa shape index (κ3) is 4.08. The van der Waals surface area contributed by atoms with Crippen LogP contribution in [0.4, 0.5) is 11.6 Å². The second kappa shape index (κ2) is 9.19. The minimum Gasteiger partial charge on any atom is -0.442 e. The van der Waals surface area contributed by atoms with Crippen molar-refractivity contribution in [2.75, 3.05) is 31.6 Å². The van der Waals surface area contributed by atoms with Gasteiger partial charge < -0.3 is 19.0 Å². The average Bonchev–Trinajstić information content (AvgIpc) is 3.62. The summed E-state index contributed by atoms with van der Waals surface area (Å²) in [5.74, 6) is 1.39. The lowest BCUT2D eigenvalue weighted by Gasteiger charge is -2.26. The molecular weight excluding hydrogens is 428 g/mol. The van der Waals surface area contributed by atoms with Crippen LogP contribution in [0, 0.1) is 6.92 Å². The summed E-state index contributed by atoms with van der Waals surface area (Å²) >= 11 is 0. The summed E-state index contributed by atoms with van der Waals surface area (Å²) in [6, 6.07) is 8.96.